The van der Waals surface area contributed by atoms with Crippen molar-refractivity contribution in [3.05, 3.63) is 28.2 Å². The minimum Gasteiger partial charge on any atom is -0.496 e. The van der Waals surface area contributed by atoms with E-state index in [-0.39, 0.29) is 5.41 Å². The molecule has 1 aromatic rings. The van der Waals surface area contributed by atoms with Crippen LogP contribution < -0.4 is 10.1 Å². The second-order valence-corrected chi connectivity index (χ2v) is 7.03. The molecule has 0 aliphatic rings. The van der Waals surface area contributed by atoms with Crippen LogP contribution in [0, 0.1) is 11.3 Å². The lowest BCUT2D eigenvalue weighted by Gasteiger charge is -2.35. The molecule has 0 amide bonds. The van der Waals surface area contributed by atoms with Gasteiger partial charge in [-0.3, -0.25) is 0 Å². The van der Waals surface area contributed by atoms with Gasteiger partial charge < -0.3 is 10.1 Å². The molecule has 1 N–H and O–H groups in total. The van der Waals surface area contributed by atoms with Gasteiger partial charge in [0.25, 0.3) is 0 Å². The smallest absolute Gasteiger partial charge is 0.122 e. The molecule has 1 rings (SSSR count). The van der Waals surface area contributed by atoms with Crippen molar-refractivity contribution in [1.82, 2.24) is 5.32 Å². The fourth-order valence-electron chi connectivity index (χ4n) is 2.34. The van der Waals surface area contributed by atoms with Crippen LogP contribution in [0.4, 0.5) is 0 Å². The van der Waals surface area contributed by atoms with Crippen molar-refractivity contribution in [1.29, 1.82) is 0 Å². The Balaban J connectivity index is 2.92. The van der Waals surface area contributed by atoms with Crippen LogP contribution in [0.3, 0.4) is 0 Å². The van der Waals surface area contributed by atoms with Crippen LogP contribution in [0.15, 0.2) is 22.7 Å². The highest BCUT2D eigenvalue weighted by atomic mass is 79.9. The number of nitrogens with one attached hydrogen (secondary N) is 1. The monoisotopic (exact) mass is 341 g/mol. The maximum Gasteiger partial charge on any atom is 0.122 e. The summed E-state index contributed by atoms with van der Waals surface area (Å²) in [6, 6.07) is 6.25. The first-order valence-electron chi connectivity index (χ1n) is 7.46. The molecule has 20 heavy (non-hydrogen) atoms. The van der Waals surface area contributed by atoms with Crippen LogP contribution >= 0.6 is 15.9 Å². The maximum absolute atomic E-state index is 5.51. The normalized spacial score (nSPS) is 14.3. The van der Waals surface area contributed by atoms with Crippen LogP contribution in [0.25, 0.3) is 0 Å². The van der Waals surface area contributed by atoms with Gasteiger partial charge in [-0.05, 0) is 54.5 Å². The molecule has 0 radical (unpaired) electrons. The number of methoxy groups -OCH3 is 1. The Hall–Kier alpha value is -0.540. The molecule has 0 aliphatic heterocycles. The predicted molar refractivity (Wildman–Crippen MR) is 90.5 cm³/mol. The quantitative estimate of drug-likeness (QED) is 0.694. The highest BCUT2D eigenvalue weighted by molar-refractivity contribution is 9.10. The molecule has 0 spiro atoms. The van der Waals surface area contributed by atoms with Gasteiger partial charge in [-0.25, -0.2) is 0 Å². The predicted octanol–water partition coefficient (Wildman–Crippen LogP) is 4.66. The minimum absolute atomic E-state index is 0.225. The Morgan fingerprint density at radius 2 is 2.05 bits per heavy atom. The van der Waals surface area contributed by atoms with Crippen molar-refractivity contribution in [2.24, 2.45) is 11.3 Å². The number of benzene rings is 1. The summed E-state index contributed by atoms with van der Waals surface area (Å²) in [4.78, 5) is 0. The van der Waals surface area contributed by atoms with Gasteiger partial charge in [0.2, 0.25) is 0 Å². The van der Waals surface area contributed by atoms with E-state index in [0.29, 0.717) is 5.92 Å². The molecule has 0 saturated heterocycles. The second-order valence-electron chi connectivity index (χ2n) is 6.12. The average Bonchev–Trinajstić information content (AvgIpc) is 2.39. The molecule has 0 fully saturated rings. The van der Waals surface area contributed by atoms with Gasteiger partial charge in [-0.1, -0.05) is 43.6 Å². The number of ether oxygens (including phenoxy) is 1. The first-order chi connectivity index (χ1) is 9.42. The molecular weight excluding hydrogens is 314 g/mol. The molecule has 0 bridgehead atoms. The van der Waals surface area contributed by atoms with Crippen molar-refractivity contribution >= 4 is 15.9 Å². The van der Waals surface area contributed by atoms with E-state index in [1.165, 1.54) is 12.0 Å². The molecule has 114 valence electrons. The second kappa shape index (κ2) is 8.04. The molecule has 1 atom stereocenters. The number of hydrogen-bond acceptors (Lipinski definition) is 2. The van der Waals surface area contributed by atoms with Crippen LogP contribution in [0.2, 0.25) is 0 Å². The third-order valence-electron chi connectivity index (χ3n) is 4.19. The maximum atomic E-state index is 5.51. The van der Waals surface area contributed by atoms with Crippen molar-refractivity contribution < 1.29 is 4.74 Å². The topological polar surface area (TPSA) is 21.3 Å². The summed E-state index contributed by atoms with van der Waals surface area (Å²) >= 11 is 3.56. The Kier molecular flexibility index (Phi) is 7.04. The number of hydrogen-bond donors (Lipinski definition) is 1. The largest absolute Gasteiger partial charge is 0.496 e. The molecule has 0 heterocycles. The van der Waals surface area contributed by atoms with Crippen molar-refractivity contribution in [3.63, 3.8) is 0 Å². The lowest BCUT2D eigenvalue weighted by atomic mass is 9.74. The van der Waals surface area contributed by atoms with Gasteiger partial charge in [-0.2, -0.15) is 0 Å². The Morgan fingerprint density at radius 3 is 2.60 bits per heavy atom. The van der Waals surface area contributed by atoms with Crippen LogP contribution in [-0.2, 0) is 6.42 Å². The molecule has 0 saturated carbocycles. The van der Waals surface area contributed by atoms with Gasteiger partial charge in [0, 0.05) is 11.0 Å². The zero-order chi connectivity index (χ0) is 15.2. The van der Waals surface area contributed by atoms with E-state index in [4.69, 9.17) is 4.74 Å². The van der Waals surface area contributed by atoms with Crippen LogP contribution in [0.5, 0.6) is 5.75 Å². The Labute approximate surface area is 132 Å². The molecule has 3 heteroatoms. The summed E-state index contributed by atoms with van der Waals surface area (Å²) in [6.07, 6.45) is 2.19. The van der Waals surface area contributed by atoms with E-state index >= 15 is 0 Å². The van der Waals surface area contributed by atoms with Crippen LogP contribution in [-0.4, -0.2) is 20.2 Å². The van der Waals surface area contributed by atoms with Gasteiger partial charge in [0.05, 0.1) is 7.11 Å². The van der Waals surface area contributed by atoms with Crippen molar-refractivity contribution in [3.8, 4) is 5.75 Å². The molecular formula is C17H28BrNO. The van der Waals surface area contributed by atoms with Gasteiger partial charge in [-0.15, -0.1) is 0 Å². The first-order valence-corrected chi connectivity index (χ1v) is 8.25. The fraction of sp³-hybridized carbons (Fsp3) is 0.647. The van der Waals surface area contributed by atoms with E-state index in [1.54, 1.807) is 7.11 Å². The Morgan fingerprint density at radius 1 is 1.35 bits per heavy atom. The van der Waals surface area contributed by atoms with E-state index in [2.05, 4.69) is 55.0 Å². The van der Waals surface area contributed by atoms with Crippen molar-refractivity contribution in [2.45, 2.75) is 40.5 Å². The standard InChI is InChI=1S/C17H28BrNO/c1-6-9-19-12-17(4,13(2)3)11-14-10-15(18)7-8-16(14)20-5/h7-8,10,13,19H,6,9,11-12H2,1-5H3. The lowest BCUT2D eigenvalue weighted by molar-refractivity contribution is 0.205. The third-order valence-corrected chi connectivity index (χ3v) is 4.68. The highest BCUT2D eigenvalue weighted by Gasteiger charge is 2.29. The van der Waals surface area contributed by atoms with E-state index in [0.717, 1.165) is 29.7 Å². The molecule has 0 aliphatic carbocycles. The molecule has 1 unspecified atom stereocenters. The fourth-order valence-corrected chi connectivity index (χ4v) is 2.75. The third kappa shape index (κ3) is 4.78. The minimum atomic E-state index is 0.225. The summed E-state index contributed by atoms with van der Waals surface area (Å²) in [5, 5.41) is 3.58. The summed E-state index contributed by atoms with van der Waals surface area (Å²) < 4.78 is 6.62. The number of rotatable bonds is 8. The molecule has 0 aromatic heterocycles. The number of halogens is 1. The average molecular weight is 342 g/mol. The first kappa shape index (κ1) is 17.5. The summed E-state index contributed by atoms with van der Waals surface area (Å²) in [7, 11) is 1.74. The van der Waals surface area contributed by atoms with E-state index in [1.807, 2.05) is 12.1 Å². The zero-order valence-corrected chi connectivity index (χ0v) is 15.0. The molecule has 2 nitrogen and oxygen atoms in total. The van der Waals surface area contributed by atoms with Crippen molar-refractivity contribution in [2.75, 3.05) is 20.2 Å². The zero-order valence-electron chi connectivity index (χ0n) is 13.4. The summed E-state index contributed by atoms with van der Waals surface area (Å²) in [5.74, 6) is 1.59. The van der Waals surface area contributed by atoms with Crippen LogP contribution in [0.1, 0.15) is 39.7 Å². The lowest BCUT2D eigenvalue weighted by Crippen LogP contribution is -2.38. The van der Waals surface area contributed by atoms with Gasteiger partial charge in [0.1, 0.15) is 5.75 Å². The SMILES string of the molecule is CCCNCC(C)(Cc1cc(Br)ccc1OC)C(C)C. The van der Waals surface area contributed by atoms with Gasteiger partial charge in [0.15, 0.2) is 0 Å². The molecule has 1 aromatic carbocycles. The van der Waals surface area contributed by atoms with E-state index < -0.39 is 0 Å². The van der Waals surface area contributed by atoms with Gasteiger partial charge >= 0.3 is 0 Å². The summed E-state index contributed by atoms with van der Waals surface area (Å²) in [6.45, 7) is 11.3. The summed E-state index contributed by atoms with van der Waals surface area (Å²) in [5.41, 5.74) is 1.50. The van der Waals surface area contributed by atoms with E-state index in [9.17, 15) is 0 Å². The Bertz CT molecular complexity index is 419. The highest BCUT2D eigenvalue weighted by Crippen LogP contribution is 2.35.